The lowest BCUT2D eigenvalue weighted by atomic mass is 10.2. The summed E-state index contributed by atoms with van der Waals surface area (Å²) >= 11 is 0. The second-order valence-corrected chi connectivity index (χ2v) is 6.29. The minimum absolute atomic E-state index is 0.0239. The lowest BCUT2D eigenvalue weighted by molar-refractivity contribution is -0.116. The molecule has 1 saturated heterocycles. The Morgan fingerprint density at radius 2 is 2.00 bits per heavy atom. The van der Waals surface area contributed by atoms with Gasteiger partial charge in [-0.3, -0.25) is 19.7 Å². The number of aryl methyl sites for hydroxylation is 2. The van der Waals surface area contributed by atoms with Crippen LogP contribution in [0.1, 0.15) is 17.8 Å². The number of amides is 1. The van der Waals surface area contributed by atoms with E-state index >= 15 is 0 Å². The molecule has 3 heterocycles. The highest BCUT2D eigenvalue weighted by molar-refractivity contribution is 5.90. The molecule has 3 rings (SSSR count). The van der Waals surface area contributed by atoms with Crippen LogP contribution in [0, 0.1) is 13.8 Å². The maximum atomic E-state index is 12.0. The average molecular weight is 340 g/mol. The SMILES string of the molecule is Cc1cnc(C)c(N2CCN(CCC(=O)Nc3cccnc3)CC2)n1. The number of rotatable bonds is 5. The van der Waals surface area contributed by atoms with E-state index in [4.69, 9.17) is 0 Å². The molecule has 25 heavy (non-hydrogen) atoms. The summed E-state index contributed by atoms with van der Waals surface area (Å²) in [6, 6.07) is 3.65. The van der Waals surface area contributed by atoms with Gasteiger partial charge in [0.2, 0.25) is 5.91 Å². The molecule has 0 radical (unpaired) electrons. The van der Waals surface area contributed by atoms with Crippen molar-refractivity contribution in [2.24, 2.45) is 0 Å². The van der Waals surface area contributed by atoms with Crippen molar-refractivity contribution in [3.63, 3.8) is 0 Å². The van der Waals surface area contributed by atoms with Crippen molar-refractivity contribution in [2.45, 2.75) is 20.3 Å². The molecule has 0 unspecified atom stereocenters. The molecular formula is C18H24N6O. The van der Waals surface area contributed by atoms with Crippen LogP contribution in [0.4, 0.5) is 11.5 Å². The first kappa shape index (κ1) is 17.3. The third-order valence-electron chi connectivity index (χ3n) is 4.32. The molecule has 1 aliphatic heterocycles. The molecule has 1 fully saturated rings. The van der Waals surface area contributed by atoms with Gasteiger partial charge in [0.1, 0.15) is 5.82 Å². The molecule has 132 valence electrons. The van der Waals surface area contributed by atoms with Crippen molar-refractivity contribution in [3.8, 4) is 0 Å². The molecule has 2 aromatic rings. The molecule has 1 aliphatic rings. The van der Waals surface area contributed by atoms with Gasteiger partial charge in [0.15, 0.2) is 0 Å². The molecule has 7 heteroatoms. The lowest BCUT2D eigenvalue weighted by Gasteiger charge is -2.35. The van der Waals surface area contributed by atoms with Crippen LogP contribution in [0.2, 0.25) is 0 Å². The van der Waals surface area contributed by atoms with Gasteiger partial charge in [-0.1, -0.05) is 0 Å². The summed E-state index contributed by atoms with van der Waals surface area (Å²) in [6.45, 7) is 8.39. The number of nitrogens with one attached hydrogen (secondary N) is 1. The van der Waals surface area contributed by atoms with Crippen LogP contribution < -0.4 is 10.2 Å². The number of hydrogen-bond acceptors (Lipinski definition) is 6. The smallest absolute Gasteiger partial charge is 0.225 e. The fourth-order valence-electron chi connectivity index (χ4n) is 2.93. The number of hydrogen-bond donors (Lipinski definition) is 1. The summed E-state index contributed by atoms with van der Waals surface area (Å²) in [5.74, 6) is 1.00. The number of nitrogens with zero attached hydrogens (tertiary/aromatic N) is 5. The van der Waals surface area contributed by atoms with Gasteiger partial charge < -0.3 is 10.2 Å². The molecule has 2 aromatic heterocycles. The lowest BCUT2D eigenvalue weighted by Crippen LogP contribution is -2.47. The Labute approximate surface area is 148 Å². The van der Waals surface area contributed by atoms with E-state index in [1.807, 2.05) is 26.0 Å². The first-order valence-corrected chi connectivity index (χ1v) is 8.59. The third kappa shape index (κ3) is 4.73. The van der Waals surface area contributed by atoms with Crippen LogP contribution in [0.25, 0.3) is 0 Å². The van der Waals surface area contributed by atoms with E-state index in [0.29, 0.717) is 6.42 Å². The van der Waals surface area contributed by atoms with Gasteiger partial charge >= 0.3 is 0 Å². The van der Waals surface area contributed by atoms with E-state index < -0.39 is 0 Å². The number of pyridine rings is 1. The van der Waals surface area contributed by atoms with E-state index in [2.05, 4.69) is 30.1 Å². The zero-order valence-corrected chi connectivity index (χ0v) is 14.8. The Morgan fingerprint density at radius 3 is 2.72 bits per heavy atom. The van der Waals surface area contributed by atoms with Crippen molar-refractivity contribution in [2.75, 3.05) is 42.9 Å². The van der Waals surface area contributed by atoms with Crippen LogP contribution in [-0.2, 0) is 4.79 Å². The van der Waals surface area contributed by atoms with Crippen LogP contribution in [0.3, 0.4) is 0 Å². The van der Waals surface area contributed by atoms with Crippen LogP contribution in [0.5, 0.6) is 0 Å². The van der Waals surface area contributed by atoms with Crippen molar-refractivity contribution in [1.82, 2.24) is 19.9 Å². The molecule has 0 aliphatic carbocycles. The Morgan fingerprint density at radius 1 is 1.20 bits per heavy atom. The molecule has 0 spiro atoms. The van der Waals surface area contributed by atoms with Gasteiger partial charge in [-0.2, -0.15) is 0 Å². The first-order chi connectivity index (χ1) is 12.1. The van der Waals surface area contributed by atoms with Crippen LogP contribution in [-0.4, -0.2) is 58.5 Å². The Kier molecular flexibility index (Phi) is 5.55. The summed E-state index contributed by atoms with van der Waals surface area (Å²) < 4.78 is 0. The molecule has 1 N–H and O–H groups in total. The zero-order chi connectivity index (χ0) is 17.6. The van der Waals surface area contributed by atoms with Crippen molar-refractivity contribution >= 4 is 17.4 Å². The molecule has 0 aromatic carbocycles. The van der Waals surface area contributed by atoms with Crippen LogP contribution in [0.15, 0.2) is 30.7 Å². The summed E-state index contributed by atoms with van der Waals surface area (Å²) in [5.41, 5.74) is 2.65. The largest absolute Gasteiger partial charge is 0.353 e. The van der Waals surface area contributed by atoms with E-state index in [0.717, 1.165) is 55.6 Å². The second-order valence-electron chi connectivity index (χ2n) is 6.29. The Bertz CT molecular complexity index is 713. The molecular weight excluding hydrogens is 316 g/mol. The fourth-order valence-corrected chi connectivity index (χ4v) is 2.93. The predicted molar refractivity (Wildman–Crippen MR) is 97.6 cm³/mol. The fraction of sp³-hybridized carbons (Fsp3) is 0.444. The maximum Gasteiger partial charge on any atom is 0.225 e. The molecule has 0 bridgehead atoms. The summed E-state index contributed by atoms with van der Waals surface area (Å²) in [5, 5.41) is 2.87. The van der Waals surface area contributed by atoms with Gasteiger partial charge in [-0.05, 0) is 26.0 Å². The van der Waals surface area contributed by atoms with E-state index in [1.165, 1.54) is 0 Å². The quantitative estimate of drug-likeness (QED) is 0.892. The molecule has 0 saturated carbocycles. The molecule has 0 atom stereocenters. The number of anilines is 2. The minimum Gasteiger partial charge on any atom is -0.353 e. The topological polar surface area (TPSA) is 74.2 Å². The summed E-state index contributed by atoms with van der Waals surface area (Å²) in [4.78, 5) is 29.6. The highest BCUT2D eigenvalue weighted by Gasteiger charge is 2.20. The Balaban J connectivity index is 1.45. The van der Waals surface area contributed by atoms with Gasteiger partial charge in [0.25, 0.3) is 0 Å². The standard InChI is InChI=1S/C18H24N6O/c1-14-12-20-15(2)18(21-14)24-10-8-23(9-11-24)7-5-17(25)22-16-4-3-6-19-13-16/h3-4,6,12-13H,5,7-11H2,1-2H3,(H,22,25). The first-order valence-electron chi connectivity index (χ1n) is 8.59. The number of carbonyl (C=O) groups excluding carboxylic acids is 1. The van der Waals surface area contributed by atoms with Gasteiger partial charge in [-0.15, -0.1) is 0 Å². The maximum absolute atomic E-state index is 12.0. The molecule has 1 amide bonds. The van der Waals surface area contributed by atoms with Gasteiger partial charge in [0.05, 0.1) is 23.3 Å². The summed E-state index contributed by atoms with van der Waals surface area (Å²) in [7, 11) is 0. The number of carbonyl (C=O) groups is 1. The average Bonchev–Trinajstić information content (AvgIpc) is 2.63. The van der Waals surface area contributed by atoms with Crippen molar-refractivity contribution in [1.29, 1.82) is 0 Å². The highest BCUT2D eigenvalue weighted by Crippen LogP contribution is 2.17. The predicted octanol–water partition coefficient (Wildman–Crippen LogP) is 1.64. The Hall–Kier alpha value is -2.54. The van der Waals surface area contributed by atoms with E-state index in [9.17, 15) is 4.79 Å². The zero-order valence-electron chi connectivity index (χ0n) is 14.8. The second kappa shape index (κ2) is 8.02. The third-order valence-corrected chi connectivity index (χ3v) is 4.32. The van der Waals surface area contributed by atoms with E-state index in [-0.39, 0.29) is 5.91 Å². The van der Waals surface area contributed by atoms with Crippen molar-refractivity contribution < 1.29 is 4.79 Å². The minimum atomic E-state index is 0.0239. The molecule has 7 nitrogen and oxygen atoms in total. The van der Waals surface area contributed by atoms with Crippen LogP contribution >= 0.6 is 0 Å². The van der Waals surface area contributed by atoms with Gasteiger partial charge in [0, 0.05) is 51.5 Å². The van der Waals surface area contributed by atoms with E-state index in [1.54, 1.807) is 18.6 Å². The monoisotopic (exact) mass is 340 g/mol. The number of piperazine rings is 1. The van der Waals surface area contributed by atoms with Gasteiger partial charge in [-0.25, -0.2) is 4.98 Å². The number of aromatic nitrogens is 3. The van der Waals surface area contributed by atoms with Crippen molar-refractivity contribution in [3.05, 3.63) is 42.1 Å². The normalized spacial score (nSPS) is 15.2. The highest BCUT2D eigenvalue weighted by atomic mass is 16.1. The summed E-state index contributed by atoms with van der Waals surface area (Å²) in [6.07, 6.45) is 5.63.